The van der Waals surface area contributed by atoms with Crippen molar-refractivity contribution in [1.82, 2.24) is 14.5 Å². The van der Waals surface area contributed by atoms with Gasteiger partial charge >= 0.3 is 10.2 Å². The lowest BCUT2D eigenvalue weighted by atomic mass is 10.1. The van der Waals surface area contributed by atoms with E-state index in [-0.39, 0.29) is 16.7 Å². The van der Waals surface area contributed by atoms with Gasteiger partial charge in [0.05, 0.1) is 16.9 Å². The second kappa shape index (κ2) is 5.96. The first kappa shape index (κ1) is 21.5. The molecule has 0 radical (unpaired) electrons. The Morgan fingerprint density at radius 2 is 1.81 bits per heavy atom. The average molecular weight is 460 g/mol. The smallest absolute Gasteiger partial charge is 0.310 e. The van der Waals surface area contributed by atoms with Gasteiger partial charge in [0.25, 0.3) is 5.56 Å². The molecule has 2 aromatic heterocycles. The molecule has 0 spiro atoms. The van der Waals surface area contributed by atoms with Gasteiger partial charge in [-0.05, 0) is 51.3 Å². The molecule has 0 saturated heterocycles. The molecule has 2 heterocycles. The Hall–Kier alpha value is -2.69. The van der Waals surface area contributed by atoms with Gasteiger partial charge in [-0.15, -0.1) is 0 Å². The van der Waals surface area contributed by atoms with Crippen molar-refractivity contribution < 1.29 is 19.4 Å². The van der Waals surface area contributed by atoms with Gasteiger partial charge < -0.3 is 9.88 Å². The van der Waals surface area contributed by atoms with Crippen molar-refractivity contribution in [2.75, 3.05) is 5.32 Å². The molecule has 1 aromatic carbocycles. The van der Waals surface area contributed by atoms with Gasteiger partial charge in [-0.25, -0.2) is 9.97 Å². The fourth-order valence-electron chi connectivity index (χ4n) is 3.49. The Morgan fingerprint density at radius 3 is 2.42 bits per heavy atom. The third-order valence-electron chi connectivity index (χ3n) is 5.55. The lowest BCUT2D eigenvalue weighted by molar-refractivity contribution is 0.364. The highest BCUT2D eigenvalue weighted by Gasteiger charge is 2.65. The molecule has 0 amide bonds. The van der Waals surface area contributed by atoms with Crippen LogP contribution in [-0.4, -0.2) is 14.5 Å². The minimum Gasteiger partial charge on any atom is -0.363 e. The molecule has 1 aliphatic carbocycles. The largest absolute Gasteiger partial charge is 0.363 e. The molecule has 1 fully saturated rings. The summed E-state index contributed by atoms with van der Waals surface area (Å²) in [4.78, 5) is 19.2. The number of aryl methyl sites for hydroxylation is 1. The molecule has 168 valence electrons. The standard InChI is InChI=1S/C20H21F5N4OS/c1-12(14-5-4-6-15(9-14)31(21,22,23,24)25)26-19-16-11-29(20(3)7-8-20)18(30)10-17(16)27-13(2)28-19/h4-6,9-12H,7-8H2,1-3H3,(H,26,27,28)/t12-/m1/s1. The first-order valence-electron chi connectivity index (χ1n) is 9.58. The van der Waals surface area contributed by atoms with Crippen LogP contribution in [0.25, 0.3) is 10.9 Å². The zero-order valence-corrected chi connectivity index (χ0v) is 17.8. The third kappa shape index (κ3) is 4.23. The van der Waals surface area contributed by atoms with E-state index in [9.17, 15) is 24.2 Å². The third-order valence-corrected chi connectivity index (χ3v) is 6.70. The summed E-state index contributed by atoms with van der Waals surface area (Å²) in [5, 5.41) is 3.52. The number of aromatic nitrogens is 3. The number of anilines is 1. The molecule has 0 aliphatic heterocycles. The van der Waals surface area contributed by atoms with E-state index in [1.807, 2.05) is 6.92 Å². The summed E-state index contributed by atoms with van der Waals surface area (Å²) in [5.74, 6) is 0.670. The van der Waals surface area contributed by atoms with Gasteiger partial charge in [0, 0.05) is 17.8 Å². The summed E-state index contributed by atoms with van der Waals surface area (Å²) in [5.41, 5.74) is -0.0613. The topological polar surface area (TPSA) is 59.8 Å². The molecule has 1 atom stereocenters. The summed E-state index contributed by atoms with van der Waals surface area (Å²) in [7, 11) is -9.79. The number of fused-ring (bicyclic) bond motifs is 1. The number of pyridine rings is 1. The van der Waals surface area contributed by atoms with Crippen LogP contribution in [0.15, 0.2) is 46.2 Å². The van der Waals surface area contributed by atoms with Crippen LogP contribution >= 0.6 is 10.2 Å². The van der Waals surface area contributed by atoms with E-state index in [0.29, 0.717) is 34.7 Å². The second-order valence-electron chi connectivity index (χ2n) is 8.30. The van der Waals surface area contributed by atoms with Gasteiger partial charge in [0.15, 0.2) is 0 Å². The van der Waals surface area contributed by atoms with Crippen LogP contribution in [0, 0.1) is 6.92 Å². The van der Waals surface area contributed by atoms with Gasteiger partial charge in [-0.2, -0.15) is 0 Å². The molecule has 5 nitrogen and oxygen atoms in total. The van der Waals surface area contributed by atoms with Crippen LogP contribution < -0.4 is 10.9 Å². The minimum absolute atomic E-state index is 0.0256. The number of benzene rings is 1. The molecule has 0 unspecified atom stereocenters. The summed E-state index contributed by atoms with van der Waals surface area (Å²) in [6.07, 6.45) is 3.35. The van der Waals surface area contributed by atoms with Crippen molar-refractivity contribution in [2.24, 2.45) is 0 Å². The molecule has 3 aromatic rings. The number of nitrogens with zero attached hydrogens (tertiary/aromatic N) is 3. The van der Waals surface area contributed by atoms with Crippen LogP contribution in [-0.2, 0) is 5.54 Å². The van der Waals surface area contributed by atoms with Crippen molar-refractivity contribution in [3.63, 3.8) is 0 Å². The maximum Gasteiger partial charge on any atom is 0.310 e. The number of hydrogen-bond donors (Lipinski definition) is 1. The van der Waals surface area contributed by atoms with E-state index in [1.54, 1.807) is 24.6 Å². The molecule has 0 bridgehead atoms. The predicted molar refractivity (Wildman–Crippen MR) is 111 cm³/mol. The number of hydrogen-bond acceptors (Lipinski definition) is 4. The van der Waals surface area contributed by atoms with E-state index in [2.05, 4.69) is 15.3 Å². The number of nitrogens with one attached hydrogen (secondary N) is 1. The lowest BCUT2D eigenvalue weighted by Crippen LogP contribution is -2.27. The SMILES string of the molecule is Cc1nc(N[C@H](C)c2cccc(S(F)(F)(F)(F)F)c2)c2cn(C3(C)CC3)c(=O)cc2n1. The molecular weight excluding hydrogens is 439 g/mol. The van der Waals surface area contributed by atoms with Crippen LogP contribution in [0.3, 0.4) is 0 Å². The maximum absolute atomic E-state index is 13.2. The highest BCUT2D eigenvalue weighted by atomic mass is 32.5. The zero-order valence-electron chi connectivity index (χ0n) is 17.0. The molecule has 31 heavy (non-hydrogen) atoms. The fraction of sp³-hybridized carbons (Fsp3) is 0.350. The van der Waals surface area contributed by atoms with E-state index in [4.69, 9.17) is 0 Å². The molecular formula is C20H21F5N4OS. The fourth-order valence-corrected chi connectivity index (χ4v) is 4.18. The minimum atomic E-state index is -9.79. The molecule has 1 aliphatic rings. The van der Waals surface area contributed by atoms with E-state index >= 15 is 0 Å². The summed E-state index contributed by atoms with van der Waals surface area (Å²) in [6, 6.07) is 3.75. The maximum atomic E-state index is 13.2. The van der Waals surface area contributed by atoms with E-state index in [1.165, 1.54) is 12.1 Å². The normalized spacial score (nSPS) is 18.8. The van der Waals surface area contributed by atoms with E-state index < -0.39 is 21.2 Å². The van der Waals surface area contributed by atoms with Crippen molar-refractivity contribution in [3.05, 3.63) is 58.3 Å². The van der Waals surface area contributed by atoms with Gasteiger partial charge in [-0.1, -0.05) is 31.6 Å². The van der Waals surface area contributed by atoms with Crippen molar-refractivity contribution in [3.8, 4) is 0 Å². The molecule has 1 saturated carbocycles. The van der Waals surface area contributed by atoms with Crippen LogP contribution in [0.4, 0.5) is 25.2 Å². The Kier molecular flexibility index (Phi) is 4.14. The number of halogens is 5. The van der Waals surface area contributed by atoms with Crippen molar-refractivity contribution >= 4 is 26.9 Å². The lowest BCUT2D eigenvalue weighted by Gasteiger charge is -2.40. The highest BCUT2D eigenvalue weighted by molar-refractivity contribution is 8.45. The number of rotatable bonds is 5. The van der Waals surface area contributed by atoms with Crippen LogP contribution in [0.5, 0.6) is 0 Å². The van der Waals surface area contributed by atoms with E-state index in [0.717, 1.165) is 18.9 Å². The second-order valence-corrected chi connectivity index (χ2v) is 10.7. The van der Waals surface area contributed by atoms with Crippen LogP contribution in [0.2, 0.25) is 0 Å². The Morgan fingerprint density at radius 1 is 1.13 bits per heavy atom. The van der Waals surface area contributed by atoms with Crippen molar-refractivity contribution in [1.29, 1.82) is 0 Å². The average Bonchev–Trinajstić information content (AvgIpc) is 3.37. The first-order valence-corrected chi connectivity index (χ1v) is 11.5. The Labute approximate surface area is 175 Å². The zero-order chi connectivity index (χ0) is 22.9. The monoisotopic (exact) mass is 460 g/mol. The quantitative estimate of drug-likeness (QED) is 0.445. The van der Waals surface area contributed by atoms with Gasteiger partial charge in [-0.3, -0.25) is 4.79 Å². The van der Waals surface area contributed by atoms with Gasteiger partial charge in [0.1, 0.15) is 16.5 Å². The highest BCUT2D eigenvalue weighted by Crippen LogP contribution is 3.02. The Balaban J connectivity index is 1.76. The molecule has 11 heteroatoms. The summed E-state index contributed by atoms with van der Waals surface area (Å²) in [6.45, 7) is 5.13. The van der Waals surface area contributed by atoms with Crippen LogP contribution in [0.1, 0.15) is 44.1 Å². The first-order chi connectivity index (χ1) is 14.1. The molecule has 1 N–H and O–H groups in total. The predicted octanol–water partition coefficient (Wildman–Crippen LogP) is 6.44. The van der Waals surface area contributed by atoms with Crippen molar-refractivity contribution in [2.45, 2.75) is 50.1 Å². The molecule has 4 rings (SSSR count). The van der Waals surface area contributed by atoms with Gasteiger partial charge in [0.2, 0.25) is 0 Å². The Bertz CT molecular complexity index is 1270. The summed E-state index contributed by atoms with van der Waals surface area (Å²) < 4.78 is 67.6. The summed E-state index contributed by atoms with van der Waals surface area (Å²) >= 11 is 0.